The molecule has 3 aromatic rings. The molecule has 4 rings (SSSR count). The first-order chi connectivity index (χ1) is 18.9. The van der Waals surface area contributed by atoms with Crippen LogP contribution in [0.2, 0.25) is 5.02 Å². The standard InChI is InChI=1S/C32H32ClNO5/c1-23-21-29(12-13-31(23)39-22-32(36)37)38-20-16-30(26-8-10-27(33)11-9-26)25-6-4-24(5-7-25)3-2-17-34-18-14-28(35)15-19-34/h4-13,16,21,28,35H,14-15,17-20,22H2,1H3,(H,36,37)/b30-16+. The number of piperidine rings is 1. The Bertz CT molecular complexity index is 1350. The molecule has 1 saturated heterocycles. The Kier molecular flexibility index (Phi) is 10.0. The maximum Gasteiger partial charge on any atom is 0.341 e. The molecule has 39 heavy (non-hydrogen) atoms. The van der Waals surface area contributed by atoms with Gasteiger partial charge in [0.2, 0.25) is 0 Å². The van der Waals surface area contributed by atoms with Crippen LogP contribution in [0.1, 0.15) is 35.1 Å². The van der Waals surface area contributed by atoms with Gasteiger partial charge in [0.25, 0.3) is 0 Å². The fraction of sp³-hybridized carbons (Fsp3) is 0.281. The number of aliphatic hydroxyl groups excluding tert-OH is 1. The number of carboxylic acids is 1. The van der Waals surface area contributed by atoms with Crippen LogP contribution in [-0.4, -0.2) is 60.0 Å². The van der Waals surface area contributed by atoms with Gasteiger partial charge in [0.05, 0.1) is 12.6 Å². The Labute approximate surface area is 234 Å². The Balaban J connectivity index is 1.45. The number of aryl methyl sites for hydroxylation is 1. The van der Waals surface area contributed by atoms with Gasteiger partial charge < -0.3 is 19.7 Å². The van der Waals surface area contributed by atoms with Crippen LogP contribution in [0.25, 0.3) is 5.57 Å². The van der Waals surface area contributed by atoms with Crippen LogP contribution in [-0.2, 0) is 4.79 Å². The summed E-state index contributed by atoms with van der Waals surface area (Å²) >= 11 is 6.13. The van der Waals surface area contributed by atoms with E-state index in [1.165, 1.54) is 0 Å². The number of nitrogens with zero attached hydrogens (tertiary/aromatic N) is 1. The third kappa shape index (κ3) is 8.62. The molecule has 1 heterocycles. The number of halogens is 1. The van der Waals surface area contributed by atoms with E-state index in [0.717, 1.165) is 53.8 Å². The maximum absolute atomic E-state index is 10.8. The minimum Gasteiger partial charge on any atom is -0.489 e. The quantitative estimate of drug-likeness (QED) is 0.349. The first kappa shape index (κ1) is 28.3. The number of rotatable bonds is 9. The zero-order valence-electron chi connectivity index (χ0n) is 21.9. The van der Waals surface area contributed by atoms with Crippen molar-refractivity contribution in [3.8, 4) is 23.3 Å². The number of hydrogen-bond acceptors (Lipinski definition) is 5. The van der Waals surface area contributed by atoms with Crippen LogP contribution >= 0.6 is 11.6 Å². The van der Waals surface area contributed by atoms with Crippen molar-refractivity contribution < 1.29 is 24.5 Å². The molecule has 0 saturated carbocycles. The lowest BCUT2D eigenvalue weighted by molar-refractivity contribution is -0.139. The molecule has 0 amide bonds. The summed E-state index contributed by atoms with van der Waals surface area (Å²) in [5, 5.41) is 19.2. The summed E-state index contributed by atoms with van der Waals surface area (Å²) in [5.74, 6) is 6.66. The predicted molar refractivity (Wildman–Crippen MR) is 153 cm³/mol. The lowest BCUT2D eigenvalue weighted by Gasteiger charge is -2.27. The summed E-state index contributed by atoms with van der Waals surface area (Å²) < 4.78 is 11.3. The molecule has 2 N–H and O–H groups in total. The van der Waals surface area contributed by atoms with E-state index in [4.69, 9.17) is 26.2 Å². The molecular weight excluding hydrogens is 514 g/mol. The first-order valence-corrected chi connectivity index (χ1v) is 13.3. The molecule has 0 bridgehead atoms. The van der Waals surface area contributed by atoms with Gasteiger partial charge in [-0.2, -0.15) is 0 Å². The monoisotopic (exact) mass is 545 g/mol. The molecular formula is C32H32ClNO5. The van der Waals surface area contributed by atoms with Gasteiger partial charge in [0.1, 0.15) is 18.1 Å². The number of benzene rings is 3. The second kappa shape index (κ2) is 13.9. The summed E-state index contributed by atoms with van der Waals surface area (Å²) in [5.41, 5.74) is 4.80. The van der Waals surface area contributed by atoms with E-state index in [2.05, 4.69) is 28.9 Å². The van der Waals surface area contributed by atoms with Gasteiger partial charge in [-0.15, -0.1) is 0 Å². The summed E-state index contributed by atoms with van der Waals surface area (Å²) in [6, 6.07) is 21.2. The van der Waals surface area contributed by atoms with Crippen molar-refractivity contribution in [2.24, 2.45) is 0 Å². The van der Waals surface area contributed by atoms with Gasteiger partial charge in [0.15, 0.2) is 6.61 Å². The second-order valence-corrected chi connectivity index (χ2v) is 9.87. The SMILES string of the molecule is Cc1cc(OC/C=C(/c2ccc(Cl)cc2)c2ccc(C#CCN3CCC(O)CC3)cc2)ccc1OCC(=O)O. The largest absolute Gasteiger partial charge is 0.489 e. The maximum atomic E-state index is 10.8. The highest BCUT2D eigenvalue weighted by atomic mass is 35.5. The smallest absolute Gasteiger partial charge is 0.341 e. The van der Waals surface area contributed by atoms with Crippen LogP contribution in [0.3, 0.4) is 0 Å². The Hall–Kier alpha value is -3.76. The molecule has 202 valence electrons. The molecule has 7 heteroatoms. The van der Waals surface area contributed by atoms with E-state index >= 15 is 0 Å². The molecule has 6 nitrogen and oxygen atoms in total. The fourth-order valence-electron chi connectivity index (χ4n) is 4.33. The normalized spacial score (nSPS) is 14.4. The van der Waals surface area contributed by atoms with E-state index in [9.17, 15) is 9.90 Å². The number of likely N-dealkylation sites (tertiary alicyclic amines) is 1. The number of hydrogen-bond donors (Lipinski definition) is 2. The van der Waals surface area contributed by atoms with E-state index in [-0.39, 0.29) is 12.7 Å². The Morgan fingerprint density at radius 2 is 1.69 bits per heavy atom. The molecule has 3 aromatic carbocycles. The molecule has 1 aliphatic heterocycles. The highest BCUT2D eigenvalue weighted by Crippen LogP contribution is 2.27. The molecule has 0 spiro atoms. The van der Waals surface area contributed by atoms with Gasteiger partial charge in [-0.05, 0) is 90.6 Å². The number of carbonyl (C=O) groups is 1. The van der Waals surface area contributed by atoms with Crippen LogP contribution in [0.15, 0.2) is 72.8 Å². The van der Waals surface area contributed by atoms with E-state index in [1.807, 2.05) is 55.5 Å². The van der Waals surface area contributed by atoms with Crippen LogP contribution < -0.4 is 9.47 Å². The summed E-state index contributed by atoms with van der Waals surface area (Å²) in [4.78, 5) is 13.0. The first-order valence-electron chi connectivity index (χ1n) is 12.9. The average molecular weight is 546 g/mol. The molecule has 0 aliphatic carbocycles. The predicted octanol–water partition coefficient (Wildman–Crippen LogP) is 5.43. The average Bonchev–Trinajstić information content (AvgIpc) is 2.93. The van der Waals surface area contributed by atoms with E-state index in [1.54, 1.807) is 12.1 Å². The van der Waals surface area contributed by atoms with Gasteiger partial charge >= 0.3 is 5.97 Å². The molecule has 0 atom stereocenters. The van der Waals surface area contributed by atoms with Gasteiger partial charge in [-0.25, -0.2) is 4.79 Å². The molecule has 0 radical (unpaired) electrons. The van der Waals surface area contributed by atoms with Gasteiger partial charge in [0, 0.05) is 23.7 Å². The van der Waals surface area contributed by atoms with Crippen molar-refractivity contribution >= 4 is 23.1 Å². The molecule has 1 fully saturated rings. The molecule has 0 unspecified atom stereocenters. The van der Waals surface area contributed by atoms with Crippen molar-refractivity contribution in [3.63, 3.8) is 0 Å². The number of ether oxygens (including phenoxy) is 2. The van der Waals surface area contributed by atoms with Crippen molar-refractivity contribution in [2.45, 2.75) is 25.9 Å². The minimum atomic E-state index is -1.02. The third-order valence-electron chi connectivity index (χ3n) is 6.48. The number of aliphatic hydroxyl groups is 1. The third-order valence-corrected chi connectivity index (χ3v) is 6.73. The molecule has 1 aliphatic rings. The summed E-state index contributed by atoms with van der Waals surface area (Å²) in [7, 11) is 0. The highest BCUT2D eigenvalue weighted by Gasteiger charge is 2.15. The number of aliphatic carboxylic acids is 1. The lowest BCUT2D eigenvalue weighted by atomic mass is 9.97. The summed E-state index contributed by atoms with van der Waals surface area (Å²) in [6.45, 7) is 4.26. The van der Waals surface area contributed by atoms with E-state index in [0.29, 0.717) is 29.7 Å². The topological polar surface area (TPSA) is 79.2 Å². The number of carboxylic acid groups (broad SMARTS) is 1. The molecule has 0 aromatic heterocycles. The zero-order chi connectivity index (χ0) is 27.6. The van der Waals surface area contributed by atoms with Crippen LogP contribution in [0.4, 0.5) is 0 Å². The second-order valence-electron chi connectivity index (χ2n) is 9.43. The lowest BCUT2D eigenvalue weighted by Crippen LogP contribution is -2.35. The van der Waals surface area contributed by atoms with Gasteiger partial charge in [-0.1, -0.05) is 47.7 Å². The van der Waals surface area contributed by atoms with E-state index < -0.39 is 5.97 Å². The van der Waals surface area contributed by atoms with Gasteiger partial charge in [-0.3, -0.25) is 4.90 Å². The highest BCUT2D eigenvalue weighted by molar-refractivity contribution is 6.30. The minimum absolute atomic E-state index is 0.176. The van der Waals surface area contributed by atoms with Crippen LogP contribution in [0, 0.1) is 18.8 Å². The zero-order valence-corrected chi connectivity index (χ0v) is 22.7. The van der Waals surface area contributed by atoms with Crippen molar-refractivity contribution in [3.05, 3.63) is 100 Å². The Morgan fingerprint density at radius 1 is 1.03 bits per heavy atom. The fourth-order valence-corrected chi connectivity index (χ4v) is 4.46. The van der Waals surface area contributed by atoms with Crippen LogP contribution in [0.5, 0.6) is 11.5 Å². The Morgan fingerprint density at radius 3 is 2.33 bits per heavy atom. The summed E-state index contributed by atoms with van der Waals surface area (Å²) in [6.07, 6.45) is 3.47. The van der Waals surface area contributed by atoms with Crippen molar-refractivity contribution in [2.75, 3.05) is 32.8 Å². The van der Waals surface area contributed by atoms with Crippen molar-refractivity contribution in [1.82, 2.24) is 4.90 Å². The van der Waals surface area contributed by atoms with Crippen molar-refractivity contribution in [1.29, 1.82) is 0 Å².